The minimum absolute atomic E-state index is 0.0803. The van der Waals surface area contributed by atoms with Crippen LogP contribution in [-0.4, -0.2) is 42.5 Å². The van der Waals surface area contributed by atoms with Crippen LogP contribution in [-0.2, 0) is 6.61 Å². The van der Waals surface area contributed by atoms with Crippen molar-refractivity contribution in [3.8, 4) is 11.5 Å². The minimum Gasteiger partial charge on any atom is -0.493 e. The lowest BCUT2D eigenvalue weighted by molar-refractivity contribution is 0.0597. The van der Waals surface area contributed by atoms with E-state index in [4.69, 9.17) is 13.9 Å². The Labute approximate surface area is 169 Å². The summed E-state index contributed by atoms with van der Waals surface area (Å²) in [7, 11) is 1.60. The number of nitrogens with one attached hydrogen (secondary N) is 1. The molecule has 1 unspecified atom stereocenters. The minimum atomic E-state index is -0.135. The van der Waals surface area contributed by atoms with Crippen molar-refractivity contribution >= 4 is 5.91 Å². The maximum Gasteiger partial charge on any atom is 0.290 e. The number of furan rings is 1. The summed E-state index contributed by atoms with van der Waals surface area (Å²) >= 11 is 0. The SMILES string of the molecule is COc1ccccc1OCc1ccc(C(=O)N2CCNCC2c2cccnc2)o1. The van der Waals surface area contributed by atoms with Gasteiger partial charge in [-0.1, -0.05) is 18.2 Å². The highest BCUT2D eigenvalue weighted by atomic mass is 16.5. The molecule has 7 nitrogen and oxygen atoms in total. The number of carbonyl (C=O) groups is 1. The molecular weight excluding hydrogens is 370 g/mol. The summed E-state index contributed by atoms with van der Waals surface area (Å²) in [6.45, 7) is 2.24. The van der Waals surface area contributed by atoms with Crippen molar-refractivity contribution < 1.29 is 18.7 Å². The van der Waals surface area contributed by atoms with Gasteiger partial charge in [0.1, 0.15) is 12.4 Å². The number of amides is 1. The molecule has 1 aromatic carbocycles. The lowest BCUT2D eigenvalue weighted by atomic mass is 10.1. The maximum absolute atomic E-state index is 13.1. The first kappa shape index (κ1) is 19.0. The molecule has 1 fully saturated rings. The number of hydrogen-bond acceptors (Lipinski definition) is 6. The summed E-state index contributed by atoms with van der Waals surface area (Å²) in [5, 5.41) is 3.34. The number of rotatable bonds is 6. The summed E-state index contributed by atoms with van der Waals surface area (Å²) in [5.41, 5.74) is 0.999. The molecule has 1 saturated heterocycles. The summed E-state index contributed by atoms with van der Waals surface area (Å²) in [4.78, 5) is 19.1. The third-order valence-corrected chi connectivity index (χ3v) is 4.88. The molecule has 1 atom stereocenters. The van der Waals surface area contributed by atoms with E-state index in [2.05, 4.69) is 10.3 Å². The average Bonchev–Trinajstić information content (AvgIpc) is 3.27. The fraction of sp³-hybridized carbons (Fsp3) is 0.273. The van der Waals surface area contributed by atoms with Crippen molar-refractivity contribution in [2.45, 2.75) is 12.6 Å². The monoisotopic (exact) mass is 393 g/mol. The van der Waals surface area contributed by atoms with Crippen LogP contribution in [0.3, 0.4) is 0 Å². The van der Waals surface area contributed by atoms with Crippen molar-refractivity contribution in [1.29, 1.82) is 0 Å². The molecule has 0 bridgehead atoms. The van der Waals surface area contributed by atoms with Crippen molar-refractivity contribution in [2.75, 3.05) is 26.7 Å². The van der Waals surface area contributed by atoms with Gasteiger partial charge < -0.3 is 24.1 Å². The number of methoxy groups -OCH3 is 1. The van der Waals surface area contributed by atoms with E-state index in [0.717, 1.165) is 12.1 Å². The quantitative estimate of drug-likeness (QED) is 0.694. The number of para-hydroxylation sites is 2. The molecule has 0 radical (unpaired) electrons. The maximum atomic E-state index is 13.1. The largest absolute Gasteiger partial charge is 0.493 e. The molecule has 2 aromatic heterocycles. The molecule has 0 saturated carbocycles. The van der Waals surface area contributed by atoms with Crippen LogP contribution in [0.5, 0.6) is 11.5 Å². The zero-order chi connectivity index (χ0) is 20.1. The first-order valence-electron chi connectivity index (χ1n) is 9.52. The van der Waals surface area contributed by atoms with Crippen molar-refractivity contribution in [2.24, 2.45) is 0 Å². The van der Waals surface area contributed by atoms with Gasteiger partial charge in [-0.2, -0.15) is 0 Å². The number of nitrogens with zero attached hydrogens (tertiary/aromatic N) is 2. The fourth-order valence-corrected chi connectivity index (χ4v) is 3.42. The van der Waals surface area contributed by atoms with Crippen LogP contribution in [0.2, 0.25) is 0 Å². The van der Waals surface area contributed by atoms with Crippen molar-refractivity contribution in [3.63, 3.8) is 0 Å². The molecule has 150 valence electrons. The van der Waals surface area contributed by atoms with Gasteiger partial charge in [0.25, 0.3) is 5.91 Å². The average molecular weight is 393 g/mol. The van der Waals surface area contributed by atoms with Gasteiger partial charge in [0.05, 0.1) is 13.2 Å². The van der Waals surface area contributed by atoms with E-state index in [1.807, 2.05) is 41.3 Å². The Bertz CT molecular complexity index is 957. The Morgan fingerprint density at radius 2 is 2.07 bits per heavy atom. The molecule has 1 aliphatic rings. The van der Waals surface area contributed by atoms with Crippen LogP contribution in [0.1, 0.15) is 27.9 Å². The van der Waals surface area contributed by atoms with Crippen LogP contribution in [0.15, 0.2) is 65.3 Å². The first-order chi connectivity index (χ1) is 14.3. The van der Waals surface area contributed by atoms with Gasteiger partial charge in [-0.3, -0.25) is 9.78 Å². The normalized spacial score (nSPS) is 16.4. The highest BCUT2D eigenvalue weighted by Crippen LogP contribution is 2.28. The number of aromatic nitrogens is 1. The number of piperazine rings is 1. The van der Waals surface area contributed by atoms with Gasteiger partial charge in [-0.25, -0.2) is 0 Å². The van der Waals surface area contributed by atoms with Crippen LogP contribution >= 0.6 is 0 Å². The zero-order valence-corrected chi connectivity index (χ0v) is 16.2. The number of pyridine rings is 1. The van der Waals surface area contributed by atoms with Crippen LogP contribution in [0.4, 0.5) is 0 Å². The molecule has 3 heterocycles. The topological polar surface area (TPSA) is 76.8 Å². The van der Waals surface area contributed by atoms with Gasteiger partial charge in [0, 0.05) is 32.0 Å². The molecule has 1 N–H and O–H groups in total. The van der Waals surface area contributed by atoms with Gasteiger partial charge in [0.2, 0.25) is 0 Å². The van der Waals surface area contributed by atoms with E-state index in [9.17, 15) is 4.79 Å². The fourth-order valence-electron chi connectivity index (χ4n) is 3.42. The second-order valence-electron chi connectivity index (χ2n) is 6.71. The molecule has 4 rings (SSSR count). The van der Waals surface area contributed by atoms with Crippen molar-refractivity contribution in [1.82, 2.24) is 15.2 Å². The Balaban J connectivity index is 1.46. The van der Waals surface area contributed by atoms with E-state index in [0.29, 0.717) is 36.1 Å². The summed E-state index contributed by atoms with van der Waals surface area (Å²) in [6, 6.07) is 14.7. The van der Waals surface area contributed by atoms with Crippen LogP contribution in [0.25, 0.3) is 0 Å². The Kier molecular flexibility index (Phi) is 5.76. The van der Waals surface area contributed by atoms with Gasteiger partial charge in [-0.05, 0) is 35.9 Å². The number of ether oxygens (including phenoxy) is 2. The number of benzene rings is 1. The molecular formula is C22H23N3O4. The predicted octanol–water partition coefficient (Wildman–Crippen LogP) is 3.05. The molecule has 3 aromatic rings. The van der Waals surface area contributed by atoms with Gasteiger partial charge in [-0.15, -0.1) is 0 Å². The molecule has 1 aliphatic heterocycles. The Morgan fingerprint density at radius 1 is 1.21 bits per heavy atom. The summed E-state index contributed by atoms with van der Waals surface area (Å²) in [6.07, 6.45) is 3.53. The molecule has 0 aliphatic carbocycles. The highest BCUT2D eigenvalue weighted by Gasteiger charge is 2.30. The van der Waals surface area contributed by atoms with Gasteiger partial charge in [0.15, 0.2) is 17.3 Å². The van der Waals surface area contributed by atoms with Crippen LogP contribution in [0, 0.1) is 0 Å². The summed E-state index contributed by atoms with van der Waals surface area (Å²) < 4.78 is 16.8. The summed E-state index contributed by atoms with van der Waals surface area (Å²) in [5.74, 6) is 2.02. The molecule has 1 amide bonds. The standard InChI is InChI=1S/C22H23N3O4/c1-27-19-6-2-3-7-20(19)28-15-17-8-9-21(29-17)22(26)25-12-11-24-14-18(25)16-5-4-10-23-13-16/h2-10,13,18,24H,11-12,14-15H2,1H3. The molecule has 29 heavy (non-hydrogen) atoms. The highest BCUT2D eigenvalue weighted by molar-refractivity contribution is 5.92. The van der Waals surface area contributed by atoms with E-state index < -0.39 is 0 Å². The molecule has 7 heteroatoms. The smallest absolute Gasteiger partial charge is 0.290 e. The second kappa shape index (κ2) is 8.79. The lowest BCUT2D eigenvalue weighted by Crippen LogP contribution is -2.48. The number of hydrogen-bond donors (Lipinski definition) is 1. The Hall–Kier alpha value is -3.32. The number of carbonyl (C=O) groups excluding carboxylic acids is 1. The lowest BCUT2D eigenvalue weighted by Gasteiger charge is -2.35. The second-order valence-corrected chi connectivity index (χ2v) is 6.71. The van der Waals surface area contributed by atoms with E-state index >= 15 is 0 Å². The van der Waals surface area contributed by atoms with Crippen molar-refractivity contribution in [3.05, 3.63) is 78.0 Å². The van der Waals surface area contributed by atoms with Crippen LogP contribution < -0.4 is 14.8 Å². The Morgan fingerprint density at radius 3 is 2.86 bits per heavy atom. The zero-order valence-electron chi connectivity index (χ0n) is 16.2. The van der Waals surface area contributed by atoms with E-state index in [-0.39, 0.29) is 18.6 Å². The first-order valence-corrected chi connectivity index (χ1v) is 9.52. The molecule has 0 spiro atoms. The third kappa shape index (κ3) is 4.25. The third-order valence-electron chi connectivity index (χ3n) is 4.88. The van der Waals surface area contributed by atoms with E-state index in [1.54, 1.807) is 31.6 Å². The predicted molar refractivity (Wildman–Crippen MR) is 107 cm³/mol. The van der Waals surface area contributed by atoms with E-state index in [1.165, 1.54) is 0 Å². The van der Waals surface area contributed by atoms with Gasteiger partial charge >= 0.3 is 0 Å².